The first-order valence-corrected chi connectivity index (χ1v) is 8.83. The van der Waals surface area contributed by atoms with Crippen molar-refractivity contribution in [2.75, 3.05) is 0 Å². The summed E-state index contributed by atoms with van der Waals surface area (Å²) in [7, 11) is 0. The van der Waals surface area contributed by atoms with E-state index in [2.05, 4.69) is 0 Å². The molecule has 10 heteroatoms. The van der Waals surface area contributed by atoms with Crippen LogP contribution in [0, 0.1) is 11.6 Å². The van der Waals surface area contributed by atoms with E-state index in [1.165, 1.54) is 12.1 Å². The molecule has 1 aliphatic rings. The van der Waals surface area contributed by atoms with Crippen molar-refractivity contribution >= 4 is 58.3 Å². The van der Waals surface area contributed by atoms with Crippen molar-refractivity contribution in [3.05, 3.63) is 68.7 Å². The summed E-state index contributed by atoms with van der Waals surface area (Å²) in [4.78, 5) is 23.7. The summed E-state index contributed by atoms with van der Waals surface area (Å²) in [5, 5.41) is 8.40. The fourth-order valence-electron chi connectivity index (χ4n) is 3.34. The summed E-state index contributed by atoms with van der Waals surface area (Å²) in [6.45, 7) is 0. The molecule has 2 atom stereocenters. The Morgan fingerprint density at radius 2 is 1.70 bits per heavy atom. The molecule has 1 fully saturated rings. The third kappa shape index (κ3) is 2.78. The molecule has 1 amide bonds. The standard InChI is InChI=1S/C17H9Cl4F2NO3/c18-9-3-6(1-2-11(9)22)13-16(15(24)27,17(13,20)21)7-4-8(14(25)26)12(23)10(19)5-7/h1-5,13H,(H2,24,27)(H,25,26). The number of carboxylic acids is 1. The second-order valence-electron chi connectivity index (χ2n) is 6.03. The van der Waals surface area contributed by atoms with Crippen LogP contribution < -0.4 is 5.73 Å². The zero-order valence-electron chi connectivity index (χ0n) is 13.1. The van der Waals surface area contributed by atoms with Gasteiger partial charge in [0.15, 0.2) is 5.82 Å². The van der Waals surface area contributed by atoms with E-state index in [-0.39, 0.29) is 10.6 Å². The summed E-state index contributed by atoms with van der Waals surface area (Å²) < 4.78 is 25.7. The molecule has 3 rings (SSSR count). The maximum absolute atomic E-state index is 14.0. The van der Waals surface area contributed by atoms with E-state index in [0.29, 0.717) is 5.56 Å². The number of alkyl halides is 2. The molecule has 2 aromatic rings. The Kier molecular flexibility index (Phi) is 4.84. The molecule has 1 aliphatic carbocycles. The van der Waals surface area contributed by atoms with Crippen LogP contribution in [-0.2, 0) is 10.2 Å². The molecule has 2 unspecified atom stereocenters. The number of carbonyl (C=O) groups is 2. The van der Waals surface area contributed by atoms with Crippen molar-refractivity contribution in [1.82, 2.24) is 0 Å². The van der Waals surface area contributed by atoms with Crippen molar-refractivity contribution in [3.8, 4) is 0 Å². The van der Waals surface area contributed by atoms with E-state index in [0.717, 1.165) is 18.2 Å². The number of rotatable bonds is 4. The minimum Gasteiger partial charge on any atom is -0.478 e. The van der Waals surface area contributed by atoms with Crippen LogP contribution in [0.5, 0.6) is 0 Å². The fraction of sp³-hybridized carbons (Fsp3) is 0.176. The van der Waals surface area contributed by atoms with Crippen molar-refractivity contribution in [2.24, 2.45) is 5.73 Å². The average Bonchev–Trinajstić information content (AvgIpc) is 3.10. The van der Waals surface area contributed by atoms with Crippen LogP contribution >= 0.6 is 46.4 Å². The summed E-state index contributed by atoms with van der Waals surface area (Å²) in [5.41, 5.74) is 3.18. The monoisotopic (exact) mass is 453 g/mol. The summed E-state index contributed by atoms with van der Waals surface area (Å²) in [5.74, 6) is -5.46. The maximum atomic E-state index is 14.0. The molecular formula is C17H9Cl4F2NO3. The topological polar surface area (TPSA) is 80.4 Å². The largest absolute Gasteiger partial charge is 0.478 e. The van der Waals surface area contributed by atoms with E-state index in [1.54, 1.807) is 0 Å². The van der Waals surface area contributed by atoms with Crippen LogP contribution in [0.15, 0.2) is 30.3 Å². The highest BCUT2D eigenvalue weighted by Gasteiger charge is 2.81. The number of carboxylic acid groups (broad SMARTS) is 1. The zero-order valence-corrected chi connectivity index (χ0v) is 16.1. The number of aromatic carboxylic acids is 1. The number of benzene rings is 2. The Labute approximate surface area is 171 Å². The average molecular weight is 455 g/mol. The molecule has 0 heterocycles. The van der Waals surface area contributed by atoms with Gasteiger partial charge in [0, 0.05) is 5.92 Å². The van der Waals surface area contributed by atoms with Gasteiger partial charge in [-0.1, -0.05) is 52.5 Å². The quantitative estimate of drug-likeness (QED) is 0.659. The van der Waals surface area contributed by atoms with Crippen LogP contribution in [0.3, 0.4) is 0 Å². The number of amides is 1. The van der Waals surface area contributed by atoms with Crippen molar-refractivity contribution in [2.45, 2.75) is 15.7 Å². The van der Waals surface area contributed by atoms with E-state index < -0.39 is 49.8 Å². The Balaban J connectivity index is 2.25. The van der Waals surface area contributed by atoms with Gasteiger partial charge in [-0.25, -0.2) is 13.6 Å². The number of primary amides is 1. The Morgan fingerprint density at radius 3 is 2.22 bits per heavy atom. The van der Waals surface area contributed by atoms with Gasteiger partial charge < -0.3 is 10.8 Å². The molecule has 142 valence electrons. The molecule has 0 aliphatic heterocycles. The van der Waals surface area contributed by atoms with E-state index in [9.17, 15) is 23.5 Å². The van der Waals surface area contributed by atoms with Crippen LogP contribution in [0.1, 0.15) is 27.4 Å². The highest BCUT2D eigenvalue weighted by molar-refractivity contribution is 6.55. The second-order valence-corrected chi connectivity index (χ2v) is 8.23. The maximum Gasteiger partial charge on any atom is 0.338 e. The normalized spacial score (nSPS) is 23.1. The molecule has 0 spiro atoms. The van der Waals surface area contributed by atoms with Gasteiger partial charge in [-0.3, -0.25) is 4.79 Å². The molecule has 0 aromatic heterocycles. The third-order valence-electron chi connectivity index (χ3n) is 4.62. The van der Waals surface area contributed by atoms with Gasteiger partial charge >= 0.3 is 5.97 Å². The van der Waals surface area contributed by atoms with Gasteiger partial charge in [-0.05, 0) is 35.4 Å². The van der Waals surface area contributed by atoms with E-state index in [4.69, 9.17) is 52.1 Å². The molecular weight excluding hydrogens is 446 g/mol. The predicted molar refractivity (Wildman–Crippen MR) is 97.8 cm³/mol. The minimum absolute atomic E-state index is 0.0748. The molecule has 1 saturated carbocycles. The van der Waals surface area contributed by atoms with Crippen molar-refractivity contribution in [1.29, 1.82) is 0 Å². The van der Waals surface area contributed by atoms with Crippen LogP contribution in [0.4, 0.5) is 8.78 Å². The van der Waals surface area contributed by atoms with Crippen LogP contribution in [-0.4, -0.2) is 21.3 Å². The highest BCUT2D eigenvalue weighted by Crippen LogP contribution is 2.74. The first-order chi connectivity index (χ1) is 12.5. The number of halogens is 6. The summed E-state index contributed by atoms with van der Waals surface area (Å²) in [6.07, 6.45) is 0. The molecule has 4 nitrogen and oxygen atoms in total. The third-order valence-corrected chi connectivity index (χ3v) is 6.21. The van der Waals surface area contributed by atoms with Gasteiger partial charge in [0.25, 0.3) is 0 Å². The molecule has 2 aromatic carbocycles. The van der Waals surface area contributed by atoms with Gasteiger partial charge in [0.05, 0.1) is 15.6 Å². The summed E-state index contributed by atoms with van der Waals surface area (Å²) >= 11 is 24.3. The number of carbonyl (C=O) groups excluding carboxylic acids is 1. The minimum atomic E-state index is -1.82. The lowest BCUT2D eigenvalue weighted by molar-refractivity contribution is -0.120. The Hall–Kier alpha value is -1.60. The SMILES string of the molecule is NC(=O)C1(c2cc(Cl)c(F)c(C(=O)O)c2)C(c2ccc(F)c(Cl)c2)C1(Cl)Cl. The Morgan fingerprint density at radius 1 is 1.07 bits per heavy atom. The van der Waals surface area contributed by atoms with Gasteiger partial charge in [-0.15, -0.1) is 0 Å². The highest BCUT2D eigenvalue weighted by atomic mass is 35.5. The van der Waals surface area contributed by atoms with Gasteiger partial charge in [-0.2, -0.15) is 0 Å². The molecule has 0 saturated heterocycles. The number of hydrogen-bond acceptors (Lipinski definition) is 2. The first kappa shape index (κ1) is 20.1. The lowest BCUT2D eigenvalue weighted by Crippen LogP contribution is -2.34. The smallest absolute Gasteiger partial charge is 0.338 e. The Bertz CT molecular complexity index is 998. The van der Waals surface area contributed by atoms with Crippen LogP contribution in [0.25, 0.3) is 0 Å². The molecule has 27 heavy (non-hydrogen) atoms. The first-order valence-electron chi connectivity index (χ1n) is 7.31. The van der Waals surface area contributed by atoms with Crippen molar-refractivity contribution in [3.63, 3.8) is 0 Å². The molecule has 0 bridgehead atoms. The number of hydrogen-bond donors (Lipinski definition) is 2. The van der Waals surface area contributed by atoms with Gasteiger partial charge in [0.1, 0.15) is 15.6 Å². The van der Waals surface area contributed by atoms with E-state index in [1.807, 2.05) is 0 Å². The number of nitrogens with two attached hydrogens (primary N) is 1. The van der Waals surface area contributed by atoms with E-state index >= 15 is 0 Å². The molecule has 0 radical (unpaired) electrons. The fourth-order valence-corrected chi connectivity index (χ4v) is 4.84. The van der Waals surface area contributed by atoms with Gasteiger partial charge in [0.2, 0.25) is 5.91 Å². The summed E-state index contributed by atoms with van der Waals surface area (Å²) in [6, 6.07) is 5.55. The second kappa shape index (κ2) is 6.48. The lowest BCUT2D eigenvalue weighted by atomic mass is 9.88. The zero-order chi connectivity index (χ0) is 20.3. The van der Waals surface area contributed by atoms with Crippen LogP contribution in [0.2, 0.25) is 10.0 Å². The van der Waals surface area contributed by atoms with Crippen molar-refractivity contribution < 1.29 is 23.5 Å². The molecule has 3 N–H and O–H groups in total. The predicted octanol–water partition coefficient (Wildman–Crippen LogP) is 4.66. The lowest BCUT2D eigenvalue weighted by Gasteiger charge is -2.17.